The predicted molar refractivity (Wildman–Crippen MR) is 56.8 cm³/mol. The molecule has 0 spiro atoms. The second-order valence-electron chi connectivity index (χ2n) is 3.43. The SMILES string of the molecule is CC1=Cc2c(cccc2S(=O)(=O)Cl)C1. The van der Waals surface area contributed by atoms with E-state index in [2.05, 4.69) is 0 Å². The fraction of sp³-hybridized carbons (Fsp3) is 0.200. The second kappa shape index (κ2) is 3.11. The Morgan fingerprint density at radius 3 is 2.71 bits per heavy atom. The Labute approximate surface area is 87.6 Å². The third kappa shape index (κ3) is 1.57. The first-order valence-electron chi connectivity index (χ1n) is 4.22. The molecule has 0 saturated heterocycles. The smallest absolute Gasteiger partial charge is 0.207 e. The van der Waals surface area contributed by atoms with Crippen molar-refractivity contribution in [3.63, 3.8) is 0 Å². The van der Waals surface area contributed by atoms with Crippen molar-refractivity contribution in [1.29, 1.82) is 0 Å². The van der Waals surface area contributed by atoms with Crippen LogP contribution >= 0.6 is 10.7 Å². The third-order valence-corrected chi connectivity index (χ3v) is 3.66. The average molecular weight is 229 g/mol. The van der Waals surface area contributed by atoms with Gasteiger partial charge in [-0.1, -0.05) is 23.8 Å². The van der Waals surface area contributed by atoms with Crippen molar-refractivity contribution in [2.24, 2.45) is 0 Å². The summed E-state index contributed by atoms with van der Waals surface area (Å²) in [5.41, 5.74) is 2.94. The Kier molecular flexibility index (Phi) is 2.16. The molecule has 0 aromatic heterocycles. The van der Waals surface area contributed by atoms with Crippen LogP contribution in [0.3, 0.4) is 0 Å². The number of benzene rings is 1. The molecule has 1 aromatic carbocycles. The quantitative estimate of drug-likeness (QED) is 0.693. The molecule has 0 saturated carbocycles. The Morgan fingerprint density at radius 2 is 2.07 bits per heavy atom. The molecule has 0 fully saturated rings. The monoisotopic (exact) mass is 228 g/mol. The molecule has 14 heavy (non-hydrogen) atoms. The standard InChI is InChI=1S/C10H9ClO2S/c1-7-5-8-3-2-4-10(9(8)6-7)14(11,12)13/h2-4,6H,5H2,1H3. The Bertz CT molecular complexity index is 515. The van der Waals surface area contributed by atoms with Gasteiger partial charge in [0.05, 0.1) is 4.90 Å². The number of fused-ring (bicyclic) bond motifs is 1. The lowest BCUT2D eigenvalue weighted by Crippen LogP contribution is -1.95. The van der Waals surface area contributed by atoms with E-state index < -0.39 is 9.05 Å². The molecule has 0 aliphatic heterocycles. The second-order valence-corrected chi connectivity index (χ2v) is 5.97. The van der Waals surface area contributed by atoms with Crippen LogP contribution in [0.2, 0.25) is 0 Å². The van der Waals surface area contributed by atoms with Crippen molar-refractivity contribution in [2.45, 2.75) is 18.2 Å². The van der Waals surface area contributed by atoms with Crippen molar-refractivity contribution < 1.29 is 8.42 Å². The zero-order chi connectivity index (χ0) is 10.3. The van der Waals surface area contributed by atoms with Crippen LogP contribution in [-0.4, -0.2) is 8.42 Å². The lowest BCUT2D eigenvalue weighted by molar-refractivity contribution is 0.609. The first-order chi connectivity index (χ1) is 6.48. The molecule has 0 bridgehead atoms. The first kappa shape index (κ1) is 9.74. The average Bonchev–Trinajstić information content (AvgIpc) is 2.41. The molecule has 0 heterocycles. The Hall–Kier alpha value is -0.800. The van der Waals surface area contributed by atoms with Crippen molar-refractivity contribution in [1.82, 2.24) is 0 Å². The van der Waals surface area contributed by atoms with Gasteiger partial charge in [-0.05, 0) is 30.5 Å². The summed E-state index contributed by atoms with van der Waals surface area (Å²) in [6.07, 6.45) is 2.69. The normalized spacial score (nSPS) is 15.1. The summed E-state index contributed by atoms with van der Waals surface area (Å²) >= 11 is 0. The van der Waals surface area contributed by atoms with E-state index in [0.717, 1.165) is 23.1 Å². The van der Waals surface area contributed by atoms with E-state index in [4.69, 9.17) is 10.7 Å². The number of allylic oxidation sites excluding steroid dienone is 1. The lowest BCUT2D eigenvalue weighted by Gasteiger charge is -2.02. The summed E-state index contributed by atoms with van der Waals surface area (Å²) in [7, 11) is 1.71. The number of rotatable bonds is 1. The van der Waals surface area contributed by atoms with E-state index in [1.807, 2.05) is 19.1 Å². The van der Waals surface area contributed by atoms with Crippen LogP contribution in [0.4, 0.5) is 0 Å². The lowest BCUT2D eigenvalue weighted by atomic mass is 10.1. The molecule has 4 heteroatoms. The highest BCUT2D eigenvalue weighted by Crippen LogP contribution is 2.31. The largest absolute Gasteiger partial charge is 0.261 e. The van der Waals surface area contributed by atoms with Gasteiger partial charge in [0, 0.05) is 10.7 Å². The van der Waals surface area contributed by atoms with Crippen LogP contribution in [-0.2, 0) is 15.5 Å². The van der Waals surface area contributed by atoms with E-state index in [1.165, 1.54) is 6.07 Å². The maximum atomic E-state index is 11.2. The van der Waals surface area contributed by atoms with Gasteiger partial charge in [-0.3, -0.25) is 0 Å². The topological polar surface area (TPSA) is 34.1 Å². The van der Waals surface area contributed by atoms with Gasteiger partial charge >= 0.3 is 0 Å². The van der Waals surface area contributed by atoms with E-state index in [-0.39, 0.29) is 4.90 Å². The van der Waals surface area contributed by atoms with Crippen molar-refractivity contribution in [3.05, 3.63) is 34.9 Å². The molecular formula is C10H9ClO2S. The van der Waals surface area contributed by atoms with E-state index in [0.29, 0.717) is 0 Å². The highest BCUT2D eigenvalue weighted by molar-refractivity contribution is 8.13. The molecule has 1 aliphatic carbocycles. The third-order valence-electron chi connectivity index (χ3n) is 2.28. The summed E-state index contributed by atoms with van der Waals surface area (Å²) in [6, 6.07) is 5.19. The molecule has 2 rings (SSSR count). The zero-order valence-electron chi connectivity index (χ0n) is 7.62. The molecule has 0 N–H and O–H groups in total. The van der Waals surface area contributed by atoms with Crippen molar-refractivity contribution in [3.8, 4) is 0 Å². The first-order valence-corrected chi connectivity index (χ1v) is 6.53. The van der Waals surface area contributed by atoms with Gasteiger partial charge in [-0.15, -0.1) is 0 Å². The molecule has 0 radical (unpaired) electrons. The summed E-state index contributed by atoms with van der Waals surface area (Å²) < 4.78 is 22.5. The highest BCUT2D eigenvalue weighted by atomic mass is 35.7. The van der Waals surface area contributed by atoms with Gasteiger partial charge in [-0.25, -0.2) is 8.42 Å². The summed E-state index contributed by atoms with van der Waals surface area (Å²) in [4.78, 5) is 0.216. The van der Waals surface area contributed by atoms with Gasteiger partial charge in [0.25, 0.3) is 9.05 Å². The van der Waals surface area contributed by atoms with Gasteiger partial charge < -0.3 is 0 Å². The fourth-order valence-electron chi connectivity index (χ4n) is 1.72. The predicted octanol–water partition coefficient (Wildman–Crippen LogP) is 2.57. The molecule has 0 unspecified atom stereocenters. The molecule has 0 atom stereocenters. The van der Waals surface area contributed by atoms with E-state index in [1.54, 1.807) is 6.07 Å². The van der Waals surface area contributed by atoms with Crippen molar-refractivity contribution in [2.75, 3.05) is 0 Å². The van der Waals surface area contributed by atoms with E-state index >= 15 is 0 Å². The van der Waals surface area contributed by atoms with Crippen LogP contribution in [0, 0.1) is 0 Å². The number of halogens is 1. The van der Waals surface area contributed by atoms with Gasteiger partial charge in [0.2, 0.25) is 0 Å². The molecule has 1 aromatic rings. The summed E-state index contributed by atoms with van der Waals surface area (Å²) in [5.74, 6) is 0. The van der Waals surface area contributed by atoms with Gasteiger partial charge in [-0.2, -0.15) is 0 Å². The van der Waals surface area contributed by atoms with Crippen LogP contribution in [0.25, 0.3) is 6.08 Å². The van der Waals surface area contributed by atoms with Crippen LogP contribution in [0.1, 0.15) is 18.1 Å². The fourth-order valence-corrected chi connectivity index (χ4v) is 2.82. The number of hydrogen-bond donors (Lipinski definition) is 0. The maximum Gasteiger partial charge on any atom is 0.261 e. The molecule has 1 aliphatic rings. The summed E-state index contributed by atoms with van der Waals surface area (Å²) in [6.45, 7) is 1.98. The van der Waals surface area contributed by atoms with E-state index in [9.17, 15) is 8.42 Å². The van der Waals surface area contributed by atoms with Crippen LogP contribution in [0.15, 0.2) is 28.7 Å². The maximum absolute atomic E-state index is 11.2. The Balaban J connectivity index is 2.71. The molecule has 0 amide bonds. The summed E-state index contributed by atoms with van der Waals surface area (Å²) in [5, 5.41) is 0. The van der Waals surface area contributed by atoms with Crippen LogP contribution < -0.4 is 0 Å². The zero-order valence-corrected chi connectivity index (χ0v) is 9.19. The minimum absolute atomic E-state index is 0.216. The minimum atomic E-state index is -3.62. The molecule has 2 nitrogen and oxygen atoms in total. The molecular weight excluding hydrogens is 220 g/mol. The van der Waals surface area contributed by atoms with Gasteiger partial charge in [0.15, 0.2) is 0 Å². The van der Waals surface area contributed by atoms with Crippen molar-refractivity contribution >= 4 is 25.8 Å². The van der Waals surface area contributed by atoms with Crippen LogP contribution in [0.5, 0.6) is 0 Å². The van der Waals surface area contributed by atoms with Gasteiger partial charge in [0.1, 0.15) is 0 Å². The number of hydrogen-bond acceptors (Lipinski definition) is 2. The minimum Gasteiger partial charge on any atom is -0.207 e. The molecule has 74 valence electrons. The highest BCUT2D eigenvalue weighted by Gasteiger charge is 2.20. The Morgan fingerprint density at radius 1 is 1.36 bits per heavy atom.